The van der Waals surface area contributed by atoms with Crippen LogP contribution in [0.1, 0.15) is 28.9 Å². The van der Waals surface area contributed by atoms with Gasteiger partial charge >= 0.3 is 0 Å². The zero-order valence-electron chi connectivity index (χ0n) is 17.0. The lowest BCUT2D eigenvalue weighted by Crippen LogP contribution is -2.19. The lowest BCUT2D eigenvalue weighted by molar-refractivity contribution is -0.384. The molecule has 1 saturated heterocycles. The Kier molecular flexibility index (Phi) is 5.74. The summed E-state index contributed by atoms with van der Waals surface area (Å²) in [6.07, 6.45) is 2.36. The van der Waals surface area contributed by atoms with E-state index < -0.39 is 4.92 Å². The van der Waals surface area contributed by atoms with E-state index in [-0.39, 0.29) is 11.6 Å². The fraction of sp³-hybridized carbons (Fsp3) is 0.227. The van der Waals surface area contributed by atoms with Crippen LogP contribution < -0.4 is 15.5 Å². The summed E-state index contributed by atoms with van der Waals surface area (Å²) in [5.74, 6) is 1.12. The van der Waals surface area contributed by atoms with E-state index in [1.54, 1.807) is 12.1 Å². The minimum Gasteiger partial charge on any atom is -0.356 e. The maximum atomic E-state index is 12.4. The first-order valence-electron chi connectivity index (χ1n) is 10.0. The number of carbonyl (C=O) groups is 1. The minimum absolute atomic E-state index is 0.0572. The van der Waals surface area contributed by atoms with Crippen molar-refractivity contribution in [3.8, 4) is 0 Å². The Balaban J connectivity index is 1.41. The smallest absolute Gasteiger partial charge is 0.269 e. The molecular formula is C22H22N6O3. The largest absolute Gasteiger partial charge is 0.356 e. The highest BCUT2D eigenvalue weighted by atomic mass is 16.6. The number of benzene rings is 2. The molecule has 1 aromatic heterocycles. The van der Waals surface area contributed by atoms with Crippen LogP contribution in [0.4, 0.5) is 28.8 Å². The van der Waals surface area contributed by atoms with E-state index in [9.17, 15) is 14.9 Å². The maximum absolute atomic E-state index is 12.4. The molecular weight excluding hydrogens is 396 g/mol. The molecule has 9 nitrogen and oxygen atoms in total. The Bertz CT molecular complexity index is 1090. The molecule has 1 fully saturated rings. The summed E-state index contributed by atoms with van der Waals surface area (Å²) >= 11 is 0. The molecule has 2 heterocycles. The molecule has 9 heteroatoms. The second-order valence-electron chi connectivity index (χ2n) is 7.35. The summed E-state index contributed by atoms with van der Waals surface area (Å²) < 4.78 is 0. The van der Waals surface area contributed by atoms with Gasteiger partial charge in [-0.2, -0.15) is 4.98 Å². The van der Waals surface area contributed by atoms with Gasteiger partial charge in [0.15, 0.2) is 0 Å². The zero-order valence-corrected chi connectivity index (χ0v) is 17.0. The molecule has 158 valence electrons. The monoisotopic (exact) mass is 418 g/mol. The molecule has 0 atom stereocenters. The third-order valence-electron chi connectivity index (χ3n) is 5.01. The van der Waals surface area contributed by atoms with Crippen molar-refractivity contribution in [3.63, 3.8) is 0 Å². The first-order chi connectivity index (χ1) is 15.0. The van der Waals surface area contributed by atoms with Crippen LogP contribution in [0.2, 0.25) is 0 Å². The van der Waals surface area contributed by atoms with Crippen LogP contribution in [0.3, 0.4) is 0 Å². The molecule has 31 heavy (non-hydrogen) atoms. The topological polar surface area (TPSA) is 113 Å². The van der Waals surface area contributed by atoms with Gasteiger partial charge in [-0.3, -0.25) is 14.9 Å². The second kappa shape index (κ2) is 8.78. The van der Waals surface area contributed by atoms with E-state index in [0.717, 1.165) is 30.3 Å². The van der Waals surface area contributed by atoms with Gasteiger partial charge in [0.25, 0.3) is 11.6 Å². The number of aryl methyl sites for hydroxylation is 1. The standard InChI is InChI=1S/C22H22N6O3/c1-15-14-20(27-12-2-3-13-27)26-22(23-15)25-18-8-6-17(7-9-18)24-21(29)16-4-10-19(11-5-16)28(30)31/h4-11,14H,2-3,12-13H2,1H3,(H,24,29)(H,23,25,26). The van der Waals surface area contributed by atoms with Crippen LogP contribution in [-0.2, 0) is 0 Å². The molecule has 3 aromatic rings. The first-order valence-corrected chi connectivity index (χ1v) is 10.0. The number of aromatic nitrogens is 2. The molecule has 0 spiro atoms. The number of hydrogen-bond acceptors (Lipinski definition) is 7. The molecule has 1 aliphatic heterocycles. The van der Waals surface area contributed by atoms with Crippen molar-refractivity contribution in [2.75, 3.05) is 28.6 Å². The highest BCUT2D eigenvalue weighted by molar-refractivity contribution is 6.04. The molecule has 0 saturated carbocycles. The Morgan fingerprint density at radius 3 is 2.29 bits per heavy atom. The lowest BCUT2D eigenvalue weighted by Gasteiger charge is -2.17. The lowest BCUT2D eigenvalue weighted by atomic mass is 10.2. The summed E-state index contributed by atoms with van der Waals surface area (Å²) in [4.78, 5) is 33.9. The predicted molar refractivity (Wildman–Crippen MR) is 119 cm³/mol. The van der Waals surface area contributed by atoms with Gasteiger partial charge in [0, 0.05) is 53.9 Å². The molecule has 0 bridgehead atoms. The van der Waals surface area contributed by atoms with E-state index in [4.69, 9.17) is 0 Å². The maximum Gasteiger partial charge on any atom is 0.269 e. The van der Waals surface area contributed by atoms with Crippen molar-refractivity contribution in [1.82, 2.24) is 9.97 Å². The minimum atomic E-state index is -0.501. The van der Waals surface area contributed by atoms with Crippen molar-refractivity contribution in [3.05, 3.63) is 76.0 Å². The molecule has 4 rings (SSSR count). The molecule has 0 unspecified atom stereocenters. The number of amides is 1. The van der Waals surface area contributed by atoms with Crippen LogP contribution >= 0.6 is 0 Å². The van der Waals surface area contributed by atoms with Crippen LogP contribution in [0.25, 0.3) is 0 Å². The van der Waals surface area contributed by atoms with E-state index in [1.807, 2.05) is 25.1 Å². The van der Waals surface area contributed by atoms with Gasteiger partial charge in [-0.25, -0.2) is 4.98 Å². The number of non-ortho nitro benzene ring substituents is 1. The Labute approximate surface area is 179 Å². The van der Waals surface area contributed by atoms with Crippen molar-refractivity contribution >= 4 is 34.7 Å². The van der Waals surface area contributed by atoms with Gasteiger partial charge in [0.2, 0.25) is 5.95 Å². The zero-order chi connectivity index (χ0) is 21.8. The van der Waals surface area contributed by atoms with E-state index in [0.29, 0.717) is 17.2 Å². The summed E-state index contributed by atoms with van der Waals surface area (Å²) in [6.45, 7) is 3.97. The number of rotatable bonds is 6. The number of hydrogen-bond donors (Lipinski definition) is 2. The van der Waals surface area contributed by atoms with Crippen LogP contribution in [0.15, 0.2) is 54.6 Å². The third-order valence-corrected chi connectivity index (χ3v) is 5.01. The first kappa shape index (κ1) is 20.3. The van der Waals surface area contributed by atoms with Gasteiger partial charge < -0.3 is 15.5 Å². The summed E-state index contributed by atoms with van der Waals surface area (Å²) in [5, 5.41) is 16.7. The average Bonchev–Trinajstić information content (AvgIpc) is 3.30. The Hall–Kier alpha value is -4.01. The van der Waals surface area contributed by atoms with E-state index in [1.165, 1.54) is 37.1 Å². The van der Waals surface area contributed by atoms with Gasteiger partial charge in [-0.15, -0.1) is 0 Å². The van der Waals surface area contributed by atoms with Crippen LogP contribution in [0, 0.1) is 17.0 Å². The van der Waals surface area contributed by atoms with Crippen LogP contribution in [0.5, 0.6) is 0 Å². The van der Waals surface area contributed by atoms with Crippen molar-refractivity contribution in [2.24, 2.45) is 0 Å². The predicted octanol–water partition coefficient (Wildman–Crippen LogP) is 4.29. The molecule has 2 aromatic carbocycles. The summed E-state index contributed by atoms with van der Waals surface area (Å²) in [7, 11) is 0. The van der Waals surface area contributed by atoms with Crippen LogP contribution in [-0.4, -0.2) is 33.9 Å². The quantitative estimate of drug-likeness (QED) is 0.453. The summed E-state index contributed by atoms with van der Waals surface area (Å²) in [5.41, 5.74) is 2.59. The molecule has 1 amide bonds. The van der Waals surface area contributed by atoms with Gasteiger partial charge in [-0.05, 0) is 56.2 Å². The number of nitro benzene ring substituents is 1. The van der Waals surface area contributed by atoms with Gasteiger partial charge in [0.1, 0.15) is 5.82 Å². The van der Waals surface area contributed by atoms with Crippen molar-refractivity contribution in [1.29, 1.82) is 0 Å². The molecule has 1 aliphatic rings. The fourth-order valence-corrected chi connectivity index (χ4v) is 3.42. The van der Waals surface area contributed by atoms with Crippen molar-refractivity contribution < 1.29 is 9.72 Å². The number of carbonyl (C=O) groups excluding carboxylic acids is 1. The van der Waals surface area contributed by atoms with Gasteiger partial charge in [0.05, 0.1) is 4.92 Å². The van der Waals surface area contributed by atoms with Gasteiger partial charge in [-0.1, -0.05) is 0 Å². The SMILES string of the molecule is Cc1cc(N2CCCC2)nc(Nc2ccc(NC(=O)c3ccc([N+](=O)[O-])cc3)cc2)n1. The van der Waals surface area contributed by atoms with E-state index in [2.05, 4.69) is 25.5 Å². The molecule has 0 radical (unpaired) electrons. The van der Waals surface area contributed by atoms with Crippen molar-refractivity contribution in [2.45, 2.75) is 19.8 Å². The highest BCUT2D eigenvalue weighted by Crippen LogP contribution is 2.23. The Morgan fingerprint density at radius 1 is 1.00 bits per heavy atom. The summed E-state index contributed by atoms with van der Waals surface area (Å²) in [6, 6.07) is 14.6. The number of nitrogens with one attached hydrogen (secondary N) is 2. The normalized spacial score (nSPS) is 13.1. The number of nitro groups is 1. The average molecular weight is 418 g/mol. The third kappa shape index (κ3) is 4.95. The highest BCUT2D eigenvalue weighted by Gasteiger charge is 2.15. The Morgan fingerprint density at radius 2 is 1.65 bits per heavy atom. The molecule has 0 aliphatic carbocycles. The number of anilines is 4. The fourth-order valence-electron chi connectivity index (χ4n) is 3.42. The second-order valence-corrected chi connectivity index (χ2v) is 7.35. The molecule has 2 N–H and O–H groups in total. The van der Waals surface area contributed by atoms with E-state index >= 15 is 0 Å². The number of nitrogens with zero attached hydrogens (tertiary/aromatic N) is 4.